The molecule has 1 aromatic rings. The molecule has 0 radical (unpaired) electrons. The molecule has 3 aliphatic rings. The van der Waals surface area contributed by atoms with Crippen LogP contribution >= 0.6 is 0 Å². The van der Waals surface area contributed by atoms with E-state index in [1.165, 1.54) is 20.8 Å². The van der Waals surface area contributed by atoms with Crippen molar-refractivity contribution in [3.05, 3.63) is 36.4 Å². The van der Waals surface area contributed by atoms with Crippen molar-refractivity contribution in [3.8, 4) is 5.75 Å². The summed E-state index contributed by atoms with van der Waals surface area (Å²) in [4.78, 5) is 36.1. The third-order valence-corrected chi connectivity index (χ3v) is 8.69. The van der Waals surface area contributed by atoms with E-state index < -0.39 is 67.3 Å². The molecule has 12 heteroatoms. The Kier molecular flexibility index (Phi) is 12.0. The number of benzene rings is 1. The van der Waals surface area contributed by atoms with Gasteiger partial charge in [0.1, 0.15) is 5.75 Å². The fourth-order valence-corrected chi connectivity index (χ4v) is 5.74. The molecule has 12 atom stereocenters. The van der Waals surface area contributed by atoms with E-state index in [1.54, 1.807) is 18.2 Å². The lowest BCUT2D eigenvalue weighted by Gasteiger charge is -2.46. The number of carbonyl (C=O) groups is 3. The Morgan fingerprint density at radius 1 is 0.667 bits per heavy atom. The topological polar surface area (TPSA) is 134 Å². The van der Waals surface area contributed by atoms with Gasteiger partial charge in [-0.3, -0.25) is 14.4 Å². The number of carbonyl (C=O) groups excluding carboxylic acids is 3. The van der Waals surface area contributed by atoms with Crippen LogP contribution in [0, 0.1) is 23.7 Å². The Labute approximate surface area is 264 Å². The lowest BCUT2D eigenvalue weighted by atomic mass is 9.88. The maximum absolute atomic E-state index is 12.2. The van der Waals surface area contributed by atoms with Gasteiger partial charge in [0.15, 0.2) is 30.9 Å². The Bertz CT molecular complexity index is 1170. The summed E-state index contributed by atoms with van der Waals surface area (Å²) >= 11 is 0. The average molecular weight is 635 g/mol. The van der Waals surface area contributed by atoms with E-state index in [0.29, 0.717) is 12.4 Å². The fraction of sp³-hybridized carbons (Fsp3) is 0.667. The molecule has 0 amide bonds. The molecule has 0 aromatic heterocycles. The fourth-order valence-electron chi connectivity index (χ4n) is 5.74. The average Bonchev–Trinajstić information content (AvgIpc) is 2.98. The number of ether oxygens (including phenoxy) is 9. The van der Waals surface area contributed by atoms with E-state index in [0.717, 1.165) is 5.56 Å². The second-order valence-electron chi connectivity index (χ2n) is 12.1. The van der Waals surface area contributed by atoms with Crippen molar-refractivity contribution in [2.24, 2.45) is 23.7 Å². The summed E-state index contributed by atoms with van der Waals surface area (Å²) in [7, 11) is 0. The van der Waals surface area contributed by atoms with Gasteiger partial charge in [0.2, 0.25) is 6.29 Å². The van der Waals surface area contributed by atoms with Gasteiger partial charge in [-0.2, -0.15) is 0 Å². The molecular weight excluding hydrogens is 588 g/mol. The van der Waals surface area contributed by atoms with Crippen LogP contribution < -0.4 is 4.74 Å². The van der Waals surface area contributed by atoms with Crippen LogP contribution in [0.5, 0.6) is 5.75 Å². The largest absolute Gasteiger partial charge is 0.461 e. The van der Waals surface area contributed by atoms with Gasteiger partial charge in [-0.1, -0.05) is 52.5 Å². The van der Waals surface area contributed by atoms with Gasteiger partial charge in [-0.15, -0.1) is 0 Å². The third-order valence-electron chi connectivity index (χ3n) is 8.69. The molecule has 3 fully saturated rings. The zero-order valence-corrected chi connectivity index (χ0v) is 27.0. The summed E-state index contributed by atoms with van der Waals surface area (Å²) < 4.78 is 53.7. The summed E-state index contributed by atoms with van der Waals surface area (Å²) in [6.07, 6.45) is -4.32. The van der Waals surface area contributed by atoms with Crippen molar-refractivity contribution in [3.63, 3.8) is 0 Å². The number of esters is 3. The Balaban J connectivity index is 1.45. The van der Waals surface area contributed by atoms with E-state index in [4.69, 9.17) is 42.6 Å². The maximum atomic E-state index is 12.2. The van der Waals surface area contributed by atoms with E-state index in [1.807, 2.05) is 39.8 Å². The minimum atomic E-state index is -0.961. The van der Waals surface area contributed by atoms with Crippen LogP contribution in [0.4, 0.5) is 0 Å². The normalized spacial score (nSPS) is 36.8. The highest BCUT2D eigenvalue weighted by atomic mass is 16.8. The van der Waals surface area contributed by atoms with Gasteiger partial charge < -0.3 is 42.6 Å². The minimum Gasteiger partial charge on any atom is -0.461 e. The number of hydrogen-bond acceptors (Lipinski definition) is 12. The molecule has 0 bridgehead atoms. The van der Waals surface area contributed by atoms with Gasteiger partial charge in [0, 0.05) is 38.5 Å². The van der Waals surface area contributed by atoms with Gasteiger partial charge in [-0.25, -0.2) is 0 Å². The van der Waals surface area contributed by atoms with Crippen LogP contribution in [0.3, 0.4) is 0 Å². The second kappa shape index (κ2) is 15.5. The maximum Gasteiger partial charge on any atom is 0.303 e. The summed E-state index contributed by atoms with van der Waals surface area (Å²) in [6, 6.07) is 7.28. The first-order chi connectivity index (χ1) is 21.4. The highest BCUT2D eigenvalue weighted by Crippen LogP contribution is 2.36. The molecule has 12 nitrogen and oxygen atoms in total. The molecule has 4 rings (SSSR count). The first kappa shape index (κ1) is 34.8. The molecule has 0 N–H and O–H groups in total. The second-order valence-corrected chi connectivity index (χ2v) is 12.1. The van der Waals surface area contributed by atoms with Crippen LogP contribution in [0.1, 0.15) is 54.0 Å². The summed E-state index contributed by atoms with van der Waals surface area (Å²) in [5.74, 6) is -1.48. The summed E-state index contributed by atoms with van der Waals surface area (Å²) in [5, 5.41) is 0. The predicted octanol–water partition coefficient (Wildman–Crippen LogP) is 3.89. The Morgan fingerprint density at radius 2 is 1.09 bits per heavy atom. The SMILES string of the molecule is C=Cc1ccc(OC2OCC(OC3OCC(OC4OCC(C)C(C)C4OC(C)=O)C(C)C3OC(C)=O)C(C)C2OC(C)=O)cc1. The molecule has 0 spiro atoms. The van der Waals surface area contributed by atoms with Crippen LogP contribution in [-0.4, -0.2) is 87.1 Å². The number of hydrogen-bond donors (Lipinski definition) is 0. The molecule has 45 heavy (non-hydrogen) atoms. The zero-order chi connectivity index (χ0) is 32.8. The monoisotopic (exact) mass is 634 g/mol. The van der Waals surface area contributed by atoms with E-state index in [9.17, 15) is 14.4 Å². The lowest BCUT2D eigenvalue weighted by Crippen LogP contribution is -2.58. The Hall–Kier alpha value is -3.03. The third kappa shape index (κ3) is 8.82. The zero-order valence-electron chi connectivity index (χ0n) is 27.0. The highest BCUT2D eigenvalue weighted by Gasteiger charge is 2.49. The van der Waals surface area contributed by atoms with Crippen molar-refractivity contribution < 1.29 is 57.0 Å². The molecule has 12 unspecified atom stereocenters. The molecule has 3 heterocycles. The first-order valence-electron chi connectivity index (χ1n) is 15.4. The van der Waals surface area contributed by atoms with Crippen LogP contribution in [-0.2, 0) is 52.3 Å². The molecule has 0 aliphatic carbocycles. The molecule has 0 saturated carbocycles. The molecule has 3 saturated heterocycles. The van der Waals surface area contributed by atoms with Gasteiger partial charge in [0.25, 0.3) is 0 Å². The van der Waals surface area contributed by atoms with Crippen molar-refractivity contribution in [1.82, 2.24) is 0 Å². The molecule has 3 aliphatic heterocycles. The molecule has 250 valence electrons. The van der Waals surface area contributed by atoms with E-state index in [2.05, 4.69) is 6.58 Å². The van der Waals surface area contributed by atoms with E-state index in [-0.39, 0.29) is 36.9 Å². The molecule has 1 aromatic carbocycles. The summed E-state index contributed by atoms with van der Waals surface area (Å²) in [6.45, 7) is 16.1. The van der Waals surface area contributed by atoms with Crippen LogP contribution in [0.2, 0.25) is 0 Å². The van der Waals surface area contributed by atoms with Crippen molar-refractivity contribution in [2.75, 3.05) is 19.8 Å². The Morgan fingerprint density at radius 3 is 1.56 bits per heavy atom. The van der Waals surface area contributed by atoms with Crippen molar-refractivity contribution >= 4 is 24.0 Å². The van der Waals surface area contributed by atoms with Crippen LogP contribution in [0.15, 0.2) is 30.8 Å². The first-order valence-corrected chi connectivity index (χ1v) is 15.4. The highest BCUT2D eigenvalue weighted by molar-refractivity contribution is 5.67. The van der Waals surface area contributed by atoms with Crippen molar-refractivity contribution in [2.45, 2.75) is 97.9 Å². The lowest BCUT2D eigenvalue weighted by molar-refractivity contribution is -0.331. The number of rotatable bonds is 10. The van der Waals surface area contributed by atoms with Crippen molar-refractivity contribution in [1.29, 1.82) is 0 Å². The molecular formula is C33H46O12. The smallest absolute Gasteiger partial charge is 0.303 e. The van der Waals surface area contributed by atoms with Gasteiger partial charge in [0.05, 0.1) is 32.0 Å². The summed E-state index contributed by atoms with van der Waals surface area (Å²) in [5.41, 5.74) is 0.932. The predicted molar refractivity (Wildman–Crippen MR) is 159 cm³/mol. The standard InChI is InChI=1S/C33H46O12/c1-9-24-10-12-25(13-11-24)43-31-29(41-22(7)35)19(4)26(15-38-31)45-33-30(42-23(8)36)20(5)27(16-39-33)44-32-28(40-21(6)34)18(3)17(2)14-37-32/h9-13,17-20,26-33H,1,14-16H2,2-8H3. The van der Waals surface area contributed by atoms with Gasteiger partial charge in [-0.05, 0) is 23.6 Å². The van der Waals surface area contributed by atoms with E-state index >= 15 is 0 Å². The quantitative estimate of drug-likeness (QED) is 0.273. The van der Waals surface area contributed by atoms with Gasteiger partial charge >= 0.3 is 17.9 Å². The van der Waals surface area contributed by atoms with Crippen LogP contribution in [0.25, 0.3) is 6.08 Å². The minimum absolute atomic E-state index is 0.00471.